The molecule has 5 heteroatoms. The summed E-state index contributed by atoms with van der Waals surface area (Å²) >= 11 is 3.12. The molecule has 1 amide bonds. The van der Waals surface area contributed by atoms with E-state index in [9.17, 15) is 9.90 Å². The molecule has 0 unspecified atom stereocenters. The highest BCUT2D eigenvalue weighted by Gasteiger charge is 2.06. The van der Waals surface area contributed by atoms with Gasteiger partial charge in [0.2, 0.25) is 0 Å². The van der Waals surface area contributed by atoms with E-state index in [-0.39, 0.29) is 18.1 Å². The number of phenolic OH excluding ortho intramolecular Hbond substituents is 1. The summed E-state index contributed by atoms with van der Waals surface area (Å²) in [5.41, 5.74) is 0.369. The fourth-order valence-electron chi connectivity index (χ4n) is 0.988. The summed E-state index contributed by atoms with van der Waals surface area (Å²) in [7, 11) is 0. The first kappa shape index (κ1) is 11.5. The standard InChI is InChI=1S/C10H9BrN2O2/c11-8-3-2-7(6-9(8)14)10(15)13-5-1-4-12/h2-3,6,14H,1,5H2,(H,13,15). The molecular weight excluding hydrogens is 260 g/mol. The van der Waals surface area contributed by atoms with Crippen LogP contribution < -0.4 is 5.32 Å². The lowest BCUT2D eigenvalue weighted by molar-refractivity contribution is 0.0954. The lowest BCUT2D eigenvalue weighted by Crippen LogP contribution is -2.24. The van der Waals surface area contributed by atoms with Crippen molar-refractivity contribution in [3.05, 3.63) is 28.2 Å². The Bertz CT molecular complexity index is 412. The zero-order valence-corrected chi connectivity index (χ0v) is 9.41. The molecule has 0 atom stereocenters. The van der Waals surface area contributed by atoms with Crippen LogP contribution in [0.4, 0.5) is 0 Å². The zero-order valence-electron chi connectivity index (χ0n) is 7.83. The van der Waals surface area contributed by atoms with Gasteiger partial charge in [-0.1, -0.05) is 0 Å². The van der Waals surface area contributed by atoms with Crippen molar-refractivity contribution in [1.82, 2.24) is 5.32 Å². The summed E-state index contributed by atoms with van der Waals surface area (Å²) < 4.78 is 0.538. The van der Waals surface area contributed by atoms with E-state index in [4.69, 9.17) is 5.26 Å². The first-order valence-electron chi connectivity index (χ1n) is 4.29. The minimum atomic E-state index is -0.298. The molecule has 1 aromatic carbocycles. The van der Waals surface area contributed by atoms with Crippen LogP contribution in [-0.4, -0.2) is 17.6 Å². The summed E-state index contributed by atoms with van der Waals surface area (Å²) in [5, 5.41) is 20.2. The van der Waals surface area contributed by atoms with Gasteiger partial charge in [-0.15, -0.1) is 0 Å². The fourth-order valence-corrected chi connectivity index (χ4v) is 1.23. The maximum atomic E-state index is 11.4. The van der Waals surface area contributed by atoms with Crippen LogP contribution in [0.3, 0.4) is 0 Å². The molecule has 4 nitrogen and oxygen atoms in total. The number of nitrogens with one attached hydrogen (secondary N) is 1. The normalized spacial score (nSPS) is 9.33. The molecule has 2 N–H and O–H groups in total. The molecule has 0 fully saturated rings. The van der Waals surface area contributed by atoms with Gasteiger partial charge < -0.3 is 10.4 Å². The summed E-state index contributed by atoms with van der Waals surface area (Å²) in [6, 6.07) is 6.47. The van der Waals surface area contributed by atoms with Gasteiger partial charge in [-0.3, -0.25) is 4.79 Å². The van der Waals surface area contributed by atoms with Crippen molar-refractivity contribution in [3.63, 3.8) is 0 Å². The molecule has 0 heterocycles. The van der Waals surface area contributed by atoms with E-state index < -0.39 is 0 Å². The number of rotatable bonds is 3. The molecule has 0 aromatic heterocycles. The zero-order chi connectivity index (χ0) is 11.3. The molecule has 0 aliphatic carbocycles. The number of halogens is 1. The Morgan fingerprint density at radius 3 is 2.93 bits per heavy atom. The predicted molar refractivity (Wildman–Crippen MR) is 58.4 cm³/mol. The molecule has 0 radical (unpaired) electrons. The van der Waals surface area contributed by atoms with E-state index in [1.165, 1.54) is 6.07 Å². The second kappa shape index (κ2) is 5.37. The van der Waals surface area contributed by atoms with Crippen molar-refractivity contribution < 1.29 is 9.90 Å². The summed E-state index contributed by atoms with van der Waals surface area (Å²) in [6.07, 6.45) is 0.272. The quantitative estimate of drug-likeness (QED) is 0.822. The van der Waals surface area contributed by atoms with Crippen molar-refractivity contribution in [1.29, 1.82) is 5.26 Å². The minimum absolute atomic E-state index is 0.0166. The van der Waals surface area contributed by atoms with E-state index in [0.29, 0.717) is 16.6 Å². The Balaban J connectivity index is 2.67. The number of nitrogens with zero attached hydrogens (tertiary/aromatic N) is 1. The van der Waals surface area contributed by atoms with Crippen LogP contribution >= 0.6 is 15.9 Å². The van der Waals surface area contributed by atoms with Gasteiger partial charge in [0, 0.05) is 12.1 Å². The number of hydrogen-bond acceptors (Lipinski definition) is 3. The average Bonchev–Trinajstić information content (AvgIpc) is 2.22. The van der Waals surface area contributed by atoms with Gasteiger partial charge in [-0.05, 0) is 34.1 Å². The molecular formula is C10H9BrN2O2. The van der Waals surface area contributed by atoms with Crippen LogP contribution in [-0.2, 0) is 0 Å². The monoisotopic (exact) mass is 268 g/mol. The third-order valence-corrected chi connectivity index (χ3v) is 2.40. The molecule has 1 rings (SSSR count). The number of benzene rings is 1. The largest absolute Gasteiger partial charge is 0.507 e. The van der Waals surface area contributed by atoms with Gasteiger partial charge in [0.05, 0.1) is 17.0 Å². The number of carbonyl (C=O) groups excluding carboxylic acids is 1. The number of hydrogen-bond donors (Lipinski definition) is 2. The van der Waals surface area contributed by atoms with Crippen molar-refractivity contribution in [3.8, 4) is 11.8 Å². The van der Waals surface area contributed by atoms with Gasteiger partial charge >= 0.3 is 0 Å². The highest BCUT2D eigenvalue weighted by atomic mass is 79.9. The smallest absolute Gasteiger partial charge is 0.251 e. The Labute approximate surface area is 95.7 Å². The van der Waals surface area contributed by atoms with Gasteiger partial charge in [-0.25, -0.2) is 0 Å². The molecule has 0 aliphatic rings. The van der Waals surface area contributed by atoms with Crippen LogP contribution in [0.2, 0.25) is 0 Å². The maximum absolute atomic E-state index is 11.4. The first-order valence-corrected chi connectivity index (χ1v) is 5.08. The van der Waals surface area contributed by atoms with Gasteiger partial charge in [0.25, 0.3) is 5.91 Å². The second-order valence-electron chi connectivity index (χ2n) is 2.83. The third-order valence-electron chi connectivity index (χ3n) is 1.73. The number of aromatic hydroxyl groups is 1. The van der Waals surface area contributed by atoms with Crippen molar-refractivity contribution in [2.45, 2.75) is 6.42 Å². The average molecular weight is 269 g/mol. The topological polar surface area (TPSA) is 73.1 Å². The molecule has 0 saturated heterocycles. The molecule has 0 aliphatic heterocycles. The SMILES string of the molecule is N#CCCNC(=O)c1ccc(Br)c(O)c1. The van der Waals surface area contributed by atoms with E-state index in [1.54, 1.807) is 12.1 Å². The third kappa shape index (κ3) is 3.26. The summed E-state index contributed by atoms with van der Waals surface area (Å²) in [5.74, 6) is -0.281. The predicted octanol–water partition coefficient (Wildman–Crippen LogP) is 1.80. The fraction of sp³-hybridized carbons (Fsp3) is 0.200. The van der Waals surface area contributed by atoms with Gasteiger partial charge in [0.15, 0.2) is 0 Å². The van der Waals surface area contributed by atoms with Crippen LogP contribution in [0, 0.1) is 11.3 Å². The van der Waals surface area contributed by atoms with E-state index in [1.807, 2.05) is 6.07 Å². The summed E-state index contributed by atoms with van der Waals surface area (Å²) in [4.78, 5) is 11.4. The molecule has 15 heavy (non-hydrogen) atoms. The van der Waals surface area contributed by atoms with Gasteiger partial charge in [0.1, 0.15) is 5.75 Å². The summed E-state index contributed by atoms with van der Waals surface area (Å²) in [6.45, 7) is 0.312. The number of carbonyl (C=O) groups is 1. The van der Waals surface area contributed by atoms with Crippen molar-refractivity contribution >= 4 is 21.8 Å². The van der Waals surface area contributed by atoms with Crippen molar-refractivity contribution in [2.24, 2.45) is 0 Å². The highest BCUT2D eigenvalue weighted by molar-refractivity contribution is 9.10. The van der Waals surface area contributed by atoms with Crippen LogP contribution in [0.15, 0.2) is 22.7 Å². The molecule has 0 bridgehead atoms. The van der Waals surface area contributed by atoms with Gasteiger partial charge in [-0.2, -0.15) is 5.26 Å². The highest BCUT2D eigenvalue weighted by Crippen LogP contribution is 2.24. The lowest BCUT2D eigenvalue weighted by atomic mass is 10.2. The minimum Gasteiger partial charge on any atom is -0.507 e. The number of amides is 1. The molecule has 1 aromatic rings. The lowest BCUT2D eigenvalue weighted by Gasteiger charge is -2.03. The Morgan fingerprint density at radius 1 is 1.60 bits per heavy atom. The van der Waals surface area contributed by atoms with Crippen LogP contribution in [0.1, 0.15) is 16.8 Å². The van der Waals surface area contributed by atoms with Crippen LogP contribution in [0.25, 0.3) is 0 Å². The van der Waals surface area contributed by atoms with E-state index >= 15 is 0 Å². The Morgan fingerprint density at radius 2 is 2.33 bits per heavy atom. The molecule has 0 spiro atoms. The molecule has 0 saturated carbocycles. The van der Waals surface area contributed by atoms with Crippen molar-refractivity contribution in [2.75, 3.05) is 6.54 Å². The molecule has 78 valence electrons. The Hall–Kier alpha value is -1.54. The number of nitriles is 1. The van der Waals surface area contributed by atoms with E-state index in [0.717, 1.165) is 0 Å². The van der Waals surface area contributed by atoms with Crippen LogP contribution in [0.5, 0.6) is 5.75 Å². The Kier molecular flexibility index (Phi) is 4.13. The van der Waals surface area contributed by atoms with E-state index in [2.05, 4.69) is 21.2 Å². The first-order chi connectivity index (χ1) is 7.15. The second-order valence-corrected chi connectivity index (χ2v) is 3.68. The maximum Gasteiger partial charge on any atom is 0.251 e. The number of phenols is 1.